The molecule has 0 spiro atoms. The highest BCUT2D eigenvalue weighted by molar-refractivity contribution is 6.03. The van der Waals surface area contributed by atoms with E-state index in [-0.39, 0.29) is 41.2 Å². The van der Waals surface area contributed by atoms with Crippen LogP contribution in [0.2, 0.25) is 0 Å². The summed E-state index contributed by atoms with van der Waals surface area (Å²) in [7, 11) is 0. The van der Waals surface area contributed by atoms with Crippen LogP contribution in [0.15, 0.2) is 23.1 Å². The number of nitrogens with one attached hydrogen (secondary N) is 1. The number of aromatic amines is 1. The minimum absolute atomic E-state index is 0.0173. The van der Waals surface area contributed by atoms with Crippen LogP contribution < -0.4 is 11.2 Å². The lowest BCUT2D eigenvalue weighted by atomic mass is 9.69. The molecule has 0 aliphatic heterocycles. The van der Waals surface area contributed by atoms with Crippen molar-refractivity contribution in [1.29, 1.82) is 0 Å². The molecule has 0 aromatic carbocycles. The number of nitrogens with two attached hydrogens (primary N) is 1. The summed E-state index contributed by atoms with van der Waals surface area (Å²) in [6, 6.07) is 3.24. The van der Waals surface area contributed by atoms with Crippen LogP contribution >= 0.6 is 0 Å². The van der Waals surface area contributed by atoms with Crippen molar-refractivity contribution in [2.24, 2.45) is 17.6 Å². The van der Waals surface area contributed by atoms with Gasteiger partial charge in [0.25, 0.3) is 5.91 Å². The van der Waals surface area contributed by atoms with Crippen LogP contribution in [0, 0.1) is 11.8 Å². The highest BCUT2D eigenvalue weighted by atomic mass is 19.3. The maximum atomic E-state index is 13.9. The van der Waals surface area contributed by atoms with E-state index in [1.807, 2.05) is 0 Å². The van der Waals surface area contributed by atoms with E-state index in [4.69, 9.17) is 5.73 Å². The number of fused-ring (bicyclic) bond motifs is 1. The number of amides is 1. The zero-order valence-corrected chi connectivity index (χ0v) is 16.4. The van der Waals surface area contributed by atoms with E-state index in [0.717, 1.165) is 37.8 Å². The molecule has 2 aliphatic rings. The third-order valence-corrected chi connectivity index (χ3v) is 6.82. The van der Waals surface area contributed by atoms with Crippen molar-refractivity contribution in [3.05, 3.63) is 39.9 Å². The Morgan fingerprint density at radius 3 is 2.72 bits per heavy atom. The third kappa shape index (κ3) is 4.05. The molecular weight excluding hydrogens is 376 g/mol. The normalized spacial score (nSPS) is 27.4. The summed E-state index contributed by atoms with van der Waals surface area (Å²) in [6.45, 7) is 0. The second kappa shape index (κ2) is 7.84. The highest BCUT2D eigenvalue weighted by Crippen LogP contribution is 2.47. The lowest BCUT2D eigenvalue weighted by Gasteiger charge is -2.37. The quantitative estimate of drug-likeness (QED) is 0.739. The van der Waals surface area contributed by atoms with E-state index in [1.54, 1.807) is 12.1 Å². The molecule has 2 heterocycles. The van der Waals surface area contributed by atoms with Gasteiger partial charge >= 0.3 is 0 Å². The Hall–Kier alpha value is -2.31. The second-order valence-electron chi connectivity index (χ2n) is 8.64. The molecule has 0 radical (unpaired) electrons. The molecule has 3 atom stereocenters. The summed E-state index contributed by atoms with van der Waals surface area (Å²) >= 11 is 0. The number of aromatic nitrogens is 2. The molecule has 4 rings (SSSR count). The summed E-state index contributed by atoms with van der Waals surface area (Å²) in [6.07, 6.45) is 7.44. The van der Waals surface area contributed by atoms with E-state index in [1.165, 1.54) is 6.20 Å². The molecule has 2 aromatic heterocycles. The number of hydrogen-bond donors (Lipinski definition) is 2. The Labute approximate surface area is 168 Å². The van der Waals surface area contributed by atoms with Crippen molar-refractivity contribution in [2.45, 2.75) is 69.6 Å². The van der Waals surface area contributed by atoms with Crippen molar-refractivity contribution in [1.82, 2.24) is 9.97 Å². The van der Waals surface area contributed by atoms with Crippen LogP contribution in [0.5, 0.6) is 0 Å². The Morgan fingerprint density at radius 1 is 1.14 bits per heavy atom. The monoisotopic (exact) mass is 403 g/mol. The molecule has 2 aromatic rings. The smallest absolute Gasteiger partial charge is 0.268 e. The fourth-order valence-corrected chi connectivity index (χ4v) is 5.43. The van der Waals surface area contributed by atoms with Crippen molar-refractivity contribution < 1.29 is 13.6 Å². The predicted octanol–water partition coefficient (Wildman–Crippen LogP) is 4.51. The van der Waals surface area contributed by atoms with Crippen LogP contribution in [0.1, 0.15) is 79.9 Å². The molecule has 156 valence electrons. The van der Waals surface area contributed by atoms with Gasteiger partial charge in [-0.05, 0) is 50.0 Å². The van der Waals surface area contributed by atoms with Gasteiger partial charge in [-0.15, -0.1) is 0 Å². The van der Waals surface area contributed by atoms with E-state index in [0.29, 0.717) is 24.3 Å². The maximum absolute atomic E-state index is 13.9. The van der Waals surface area contributed by atoms with Crippen LogP contribution in [-0.2, 0) is 0 Å². The number of carbonyl (C=O) groups excluding carboxylic acids is 1. The van der Waals surface area contributed by atoms with Gasteiger partial charge in [0.1, 0.15) is 5.69 Å². The van der Waals surface area contributed by atoms with E-state index < -0.39 is 11.8 Å². The highest BCUT2D eigenvalue weighted by Gasteiger charge is 2.38. The third-order valence-electron chi connectivity index (χ3n) is 6.82. The van der Waals surface area contributed by atoms with Crippen LogP contribution in [0.4, 0.5) is 8.78 Å². The van der Waals surface area contributed by atoms with E-state index in [9.17, 15) is 18.4 Å². The average molecular weight is 403 g/mol. The number of halogens is 2. The maximum Gasteiger partial charge on any atom is 0.268 e. The SMILES string of the molecule is NC(=O)c1nccc2[nH]c([C@@H]3CCCC[C@H]3[C@H]3CCCC(F)(F)CC3)cc(=O)c12. The van der Waals surface area contributed by atoms with Crippen molar-refractivity contribution in [2.75, 3.05) is 0 Å². The number of carbonyl (C=O) groups is 1. The number of hydrogen-bond acceptors (Lipinski definition) is 3. The average Bonchev–Trinajstić information content (AvgIpc) is 2.87. The van der Waals surface area contributed by atoms with Crippen LogP contribution in [-0.4, -0.2) is 21.8 Å². The first-order chi connectivity index (χ1) is 13.9. The summed E-state index contributed by atoms with van der Waals surface area (Å²) in [5.74, 6) is -2.59. The molecule has 5 nitrogen and oxygen atoms in total. The first-order valence-corrected chi connectivity index (χ1v) is 10.6. The summed E-state index contributed by atoms with van der Waals surface area (Å²) < 4.78 is 27.7. The Morgan fingerprint density at radius 2 is 1.93 bits per heavy atom. The molecule has 7 heteroatoms. The number of pyridine rings is 2. The van der Waals surface area contributed by atoms with Crippen molar-refractivity contribution >= 4 is 16.8 Å². The molecular formula is C22H27F2N3O2. The zero-order chi connectivity index (χ0) is 20.6. The van der Waals surface area contributed by atoms with E-state index in [2.05, 4.69) is 9.97 Å². The topological polar surface area (TPSA) is 88.8 Å². The van der Waals surface area contributed by atoms with Crippen LogP contribution in [0.3, 0.4) is 0 Å². The lowest BCUT2D eigenvalue weighted by molar-refractivity contribution is -0.0158. The van der Waals surface area contributed by atoms with Gasteiger partial charge in [-0.2, -0.15) is 0 Å². The van der Waals surface area contributed by atoms with Crippen molar-refractivity contribution in [3.8, 4) is 0 Å². The first-order valence-electron chi connectivity index (χ1n) is 10.6. The van der Waals surface area contributed by atoms with Gasteiger partial charge in [0, 0.05) is 36.7 Å². The van der Waals surface area contributed by atoms with Crippen LogP contribution in [0.25, 0.3) is 10.9 Å². The number of nitrogens with zero attached hydrogens (tertiary/aromatic N) is 1. The summed E-state index contributed by atoms with van der Waals surface area (Å²) in [5, 5.41) is 0.213. The molecule has 1 amide bonds. The molecule has 2 fully saturated rings. The largest absolute Gasteiger partial charge is 0.364 e. The van der Waals surface area contributed by atoms with E-state index >= 15 is 0 Å². The summed E-state index contributed by atoms with van der Waals surface area (Å²) in [5.41, 5.74) is 6.46. The standard InChI is InChI=1S/C22H27F2N3O2/c23-22(24)9-3-4-13(7-10-22)14-5-1-2-6-15(14)17-12-18(28)19-16(27-17)8-11-26-20(19)21(25)29/h8,11-15H,1-7,9-10H2,(H2,25,29)(H,27,28)/t13-,14-,15+/m0/s1. The molecule has 0 bridgehead atoms. The predicted molar refractivity (Wildman–Crippen MR) is 107 cm³/mol. The minimum Gasteiger partial charge on any atom is -0.364 e. The summed E-state index contributed by atoms with van der Waals surface area (Å²) in [4.78, 5) is 31.8. The van der Waals surface area contributed by atoms with Gasteiger partial charge in [-0.3, -0.25) is 14.6 Å². The molecule has 3 N–H and O–H groups in total. The first kappa shape index (κ1) is 20.0. The molecule has 0 saturated heterocycles. The Bertz CT molecular complexity index is 972. The minimum atomic E-state index is -2.55. The van der Waals surface area contributed by atoms with Gasteiger partial charge in [0.15, 0.2) is 5.43 Å². The lowest BCUT2D eigenvalue weighted by Crippen LogP contribution is -2.27. The molecule has 2 saturated carbocycles. The van der Waals surface area contributed by atoms with Gasteiger partial charge in [0.2, 0.25) is 5.92 Å². The number of rotatable bonds is 3. The number of primary amides is 1. The zero-order valence-electron chi connectivity index (χ0n) is 16.4. The second-order valence-corrected chi connectivity index (χ2v) is 8.64. The number of H-pyrrole nitrogens is 1. The van der Waals surface area contributed by atoms with Crippen molar-refractivity contribution in [3.63, 3.8) is 0 Å². The fourth-order valence-electron chi connectivity index (χ4n) is 5.43. The Balaban J connectivity index is 1.69. The fraction of sp³-hybridized carbons (Fsp3) is 0.591. The van der Waals surface area contributed by atoms with Gasteiger partial charge in [0.05, 0.1) is 10.9 Å². The molecule has 29 heavy (non-hydrogen) atoms. The number of alkyl halides is 2. The van der Waals surface area contributed by atoms with Gasteiger partial charge < -0.3 is 10.7 Å². The van der Waals surface area contributed by atoms with Gasteiger partial charge in [-0.1, -0.05) is 12.8 Å². The molecule has 0 unspecified atom stereocenters. The molecule has 2 aliphatic carbocycles. The van der Waals surface area contributed by atoms with Gasteiger partial charge in [-0.25, -0.2) is 8.78 Å². The Kier molecular flexibility index (Phi) is 5.40.